The van der Waals surface area contributed by atoms with E-state index in [1.165, 1.54) is 6.92 Å². The van der Waals surface area contributed by atoms with Crippen molar-refractivity contribution in [1.29, 1.82) is 0 Å². The van der Waals surface area contributed by atoms with Crippen LogP contribution < -0.4 is 4.74 Å². The summed E-state index contributed by atoms with van der Waals surface area (Å²) in [6, 6.07) is 7.17. The van der Waals surface area contributed by atoms with Crippen LogP contribution in [0.15, 0.2) is 28.8 Å². The Morgan fingerprint density at radius 3 is 2.48 bits per heavy atom. The molecule has 0 aliphatic carbocycles. The number of benzene rings is 1. The Kier molecular flexibility index (Phi) is 5.07. The van der Waals surface area contributed by atoms with Gasteiger partial charge in [-0.25, -0.2) is 4.79 Å². The van der Waals surface area contributed by atoms with E-state index in [1.54, 1.807) is 45.2 Å². The molecular weight excluding hydrogens is 350 g/mol. The molecule has 0 saturated carbocycles. The van der Waals surface area contributed by atoms with Gasteiger partial charge < -0.3 is 19.0 Å². The molecule has 1 aromatic carbocycles. The zero-order valence-corrected chi connectivity index (χ0v) is 15.5. The van der Waals surface area contributed by atoms with Crippen molar-refractivity contribution < 1.29 is 23.6 Å². The third-order valence-electron chi connectivity index (χ3n) is 4.14. The van der Waals surface area contributed by atoms with Gasteiger partial charge in [0, 0.05) is 16.8 Å². The highest BCUT2D eigenvalue weighted by Gasteiger charge is 2.21. The molecule has 0 unspecified atom stereocenters. The number of Topliss-reactive ketones (excluding diaryl/α,β-unsaturated/α-hetero) is 1. The van der Waals surface area contributed by atoms with Gasteiger partial charge >= 0.3 is 5.97 Å². The summed E-state index contributed by atoms with van der Waals surface area (Å²) in [5.41, 5.74) is 2.69. The molecule has 0 radical (unpaired) electrons. The minimum atomic E-state index is -0.590. The lowest BCUT2D eigenvalue weighted by Crippen LogP contribution is -2.08. The minimum absolute atomic E-state index is 0.110. The lowest BCUT2D eigenvalue weighted by molar-refractivity contribution is 0.0422. The van der Waals surface area contributed by atoms with E-state index in [2.05, 4.69) is 15.1 Å². The van der Waals surface area contributed by atoms with Crippen molar-refractivity contribution in [2.75, 3.05) is 7.11 Å². The van der Waals surface area contributed by atoms with Crippen LogP contribution in [0.1, 0.15) is 44.9 Å². The first kappa shape index (κ1) is 18.4. The van der Waals surface area contributed by atoms with Crippen LogP contribution in [0.2, 0.25) is 0 Å². The molecule has 0 bridgehead atoms. The van der Waals surface area contributed by atoms with E-state index in [1.807, 2.05) is 0 Å². The van der Waals surface area contributed by atoms with E-state index in [4.69, 9.17) is 14.0 Å². The second-order valence-corrected chi connectivity index (χ2v) is 6.00. The number of aryl methyl sites for hydroxylation is 1. The number of hydrogen-bond acceptors (Lipinski definition) is 7. The summed E-state index contributed by atoms with van der Waals surface area (Å²) in [5.74, 6) is 0.572. The van der Waals surface area contributed by atoms with Crippen molar-refractivity contribution in [1.82, 2.24) is 15.1 Å². The Morgan fingerprint density at radius 1 is 1.19 bits per heavy atom. The number of nitrogens with zero attached hydrogens (tertiary/aromatic N) is 2. The molecule has 0 saturated heterocycles. The van der Waals surface area contributed by atoms with Gasteiger partial charge in [0.1, 0.15) is 11.4 Å². The molecule has 2 aromatic heterocycles. The molecule has 27 heavy (non-hydrogen) atoms. The fourth-order valence-corrected chi connectivity index (χ4v) is 2.85. The second-order valence-electron chi connectivity index (χ2n) is 6.00. The molecule has 8 nitrogen and oxygen atoms in total. The van der Waals surface area contributed by atoms with E-state index < -0.39 is 5.97 Å². The number of nitrogens with one attached hydrogen (secondary N) is 1. The number of methoxy groups -OCH3 is 1. The summed E-state index contributed by atoms with van der Waals surface area (Å²) in [5, 5.41) is 3.88. The number of hydrogen-bond donors (Lipinski definition) is 1. The van der Waals surface area contributed by atoms with Crippen molar-refractivity contribution in [3.63, 3.8) is 0 Å². The number of H-pyrrole nitrogens is 1. The van der Waals surface area contributed by atoms with Crippen molar-refractivity contribution in [3.8, 4) is 17.1 Å². The summed E-state index contributed by atoms with van der Waals surface area (Å²) in [7, 11) is 1.59. The van der Waals surface area contributed by atoms with E-state index in [9.17, 15) is 9.59 Å². The fraction of sp³-hybridized carbons (Fsp3) is 0.263. The number of aromatic nitrogens is 3. The van der Waals surface area contributed by atoms with Crippen LogP contribution in [0.3, 0.4) is 0 Å². The number of esters is 1. The number of carbonyl (C=O) groups is 2. The molecule has 3 aromatic rings. The van der Waals surface area contributed by atoms with Crippen LogP contribution >= 0.6 is 0 Å². The predicted molar refractivity (Wildman–Crippen MR) is 95.7 cm³/mol. The molecule has 0 aliphatic rings. The number of ether oxygens (including phenoxy) is 2. The van der Waals surface area contributed by atoms with Crippen molar-refractivity contribution >= 4 is 11.8 Å². The summed E-state index contributed by atoms with van der Waals surface area (Å²) in [4.78, 5) is 31.1. The van der Waals surface area contributed by atoms with Gasteiger partial charge in [0.2, 0.25) is 5.82 Å². The summed E-state index contributed by atoms with van der Waals surface area (Å²) >= 11 is 0. The van der Waals surface area contributed by atoms with E-state index in [0.29, 0.717) is 22.6 Å². The minimum Gasteiger partial charge on any atom is -0.497 e. The fourth-order valence-electron chi connectivity index (χ4n) is 2.85. The summed E-state index contributed by atoms with van der Waals surface area (Å²) in [6.45, 7) is 4.72. The molecule has 140 valence electrons. The van der Waals surface area contributed by atoms with E-state index >= 15 is 0 Å². The van der Waals surface area contributed by atoms with Gasteiger partial charge in [-0.15, -0.1) is 0 Å². The first-order valence-electron chi connectivity index (χ1n) is 8.25. The molecule has 8 heteroatoms. The lowest BCUT2D eigenvalue weighted by atomic mass is 10.1. The standard InChI is InChI=1S/C19H19N3O5/c1-10-16(12(3)23)11(2)20-17(10)19(24)26-9-15-21-18(22-27-15)13-5-7-14(25-4)8-6-13/h5-8,20H,9H2,1-4H3. The number of ketones is 1. The lowest BCUT2D eigenvalue weighted by Gasteiger charge is -2.01. The Balaban J connectivity index is 1.69. The average Bonchev–Trinajstić information content (AvgIpc) is 3.24. The topological polar surface area (TPSA) is 107 Å². The smallest absolute Gasteiger partial charge is 0.355 e. The van der Waals surface area contributed by atoms with Gasteiger partial charge in [-0.2, -0.15) is 4.98 Å². The Labute approximate surface area is 155 Å². The average molecular weight is 369 g/mol. The first-order chi connectivity index (χ1) is 12.9. The van der Waals surface area contributed by atoms with Gasteiger partial charge in [0.05, 0.1) is 7.11 Å². The Bertz CT molecular complexity index is 985. The van der Waals surface area contributed by atoms with Gasteiger partial charge in [0.15, 0.2) is 12.4 Å². The van der Waals surface area contributed by atoms with Crippen molar-refractivity contribution in [3.05, 3.63) is 52.7 Å². The maximum Gasteiger partial charge on any atom is 0.355 e. The van der Waals surface area contributed by atoms with Gasteiger partial charge in [-0.3, -0.25) is 4.79 Å². The molecule has 0 amide bonds. The van der Waals surface area contributed by atoms with Gasteiger partial charge in [-0.05, 0) is 50.6 Å². The third kappa shape index (κ3) is 3.74. The Hall–Kier alpha value is -3.42. The molecule has 1 N–H and O–H groups in total. The maximum absolute atomic E-state index is 12.3. The van der Waals surface area contributed by atoms with E-state index in [0.717, 1.165) is 11.3 Å². The Morgan fingerprint density at radius 2 is 1.89 bits per heavy atom. The quantitative estimate of drug-likeness (QED) is 0.525. The normalized spacial score (nSPS) is 10.7. The molecule has 2 heterocycles. The molecule has 3 rings (SSSR count). The van der Waals surface area contributed by atoms with Crippen LogP contribution in [0.5, 0.6) is 5.75 Å². The molecule has 0 aliphatic heterocycles. The highest BCUT2D eigenvalue weighted by molar-refractivity contribution is 6.01. The van der Waals surface area contributed by atoms with Crippen LogP contribution in [0.25, 0.3) is 11.4 Å². The molecule has 0 spiro atoms. The van der Waals surface area contributed by atoms with Crippen LogP contribution in [-0.2, 0) is 11.3 Å². The van der Waals surface area contributed by atoms with Gasteiger partial charge in [0.25, 0.3) is 5.89 Å². The third-order valence-corrected chi connectivity index (χ3v) is 4.14. The molecule has 0 atom stereocenters. The zero-order valence-electron chi connectivity index (χ0n) is 15.5. The molecule has 0 fully saturated rings. The van der Waals surface area contributed by atoms with Gasteiger partial charge in [-0.1, -0.05) is 5.16 Å². The van der Waals surface area contributed by atoms with Crippen LogP contribution in [0.4, 0.5) is 0 Å². The zero-order chi connectivity index (χ0) is 19.6. The maximum atomic E-state index is 12.3. The number of rotatable bonds is 6. The highest BCUT2D eigenvalue weighted by Crippen LogP contribution is 2.21. The SMILES string of the molecule is COc1ccc(-c2noc(COC(=O)c3[nH]c(C)c(C(C)=O)c3C)n2)cc1. The molecular formula is C19H19N3O5. The second kappa shape index (κ2) is 7.45. The van der Waals surface area contributed by atoms with Crippen molar-refractivity contribution in [2.45, 2.75) is 27.4 Å². The van der Waals surface area contributed by atoms with Crippen molar-refractivity contribution in [2.24, 2.45) is 0 Å². The van der Waals surface area contributed by atoms with E-state index in [-0.39, 0.29) is 24.0 Å². The highest BCUT2D eigenvalue weighted by atomic mass is 16.6. The predicted octanol–water partition coefficient (Wildman–Crippen LogP) is 3.25. The first-order valence-corrected chi connectivity index (χ1v) is 8.25. The number of aromatic amines is 1. The van der Waals surface area contributed by atoms with Crippen LogP contribution in [-0.4, -0.2) is 34.0 Å². The number of carbonyl (C=O) groups excluding carboxylic acids is 2. The monoisotopic (exact) mass is 369 g/mol. The van der Waals surface area contributed by atoms with Crippen LogP contribution in [0, 0.1) is 13.8 Å². The summed E-state index contributed by atoms with van der Waals surface area (Å²) in [6.07, 6.45) is 0. The largest absolute Gasteiger partial charge is 0.497 e. The summed E-state index contributed by atoms with van der Waals surface area (Å²) < 4.78 is 15.5.